The second kappa shape index (κ2) is 6.72. The normalized spacial score (nSPS) is 9.81. The van der Waals surface area contributed by atoms with Crippen LogP contribution in [-0.2, 0) is 0 Å². The third kappa shape index (κ3) is 3.94. The van der Waals surface area contributed by atoms with Crippen molar-refractivity contribution < 1.29 is 9.47 Å². The van der Waals surface area contributed by atoms with E-state index in [-0.39, 0.29) is 11.3 Å². The molecule has 1 aromatic heterocycles. The molecule has 1 aromatic carbocycles. The van der Waals surface area contributed by atoms with Gasteiger partial charge in [0.05, 0.1) is 18.7 Å². The van der Waals surface area contributed by atoms with Crippen molar-refractivity contribution in [2.75, 3.05) is 19.0 Å². The topological polar surface area (TPSA) is 93.0 Å². The van der Waals surface area contributed by atoms with Crippen LogP contribution < -0.4 is 14.8 Å². The second-order valence-electron chi connectivity index (χ2n) is 3.85. The van der Waals surface area contributed by atoms with Crippen molar-refractivity contribution in [3.8, 4) is 23.6 Å². The molecule has 0 bridgehead atoms. The quantitative estimate of drug-likeness (QED) is 0.907. The molecule has 2 rings (SSSR count). The molecule has 21 heavy (non-hydrogen) atoms. The van der Waals surface area contributed by atoms with Gasteiger partial charge in [0.1, 0.15) is 11.5 Å². The SMILES string of the molecule is CCNc1nc(Cl)nc(Oc2cc(C#N)cc(OC)c2)n1. The molecule has 7 nitrogen and oxygen atoms in total. The number of nitrogens with zero attached hydrogens (tertiary/aromatic N) is 4. The molecule has 0 unspecified atom stereocenters. The van der Waals surface area contributed by atoms with Crippen LogP contribution in [0, 0.1) is 11.3 Å². The first kappa shape index (κ1) is 14.8. The van der Waals surface area contributed by atoms with Crippen molar-refractivity contribution in [3.63, 3.8) is 0 Å². The highest BCUT2D eigenvalue weighted by Gasteiger charge is 2.09. The molecule has 0 amide bonds. The number of benzene rings is 1. The summed E-state index contributed by atoms with van der Waals surface area (Å²) in [5.41, 5.74) is 0.399. The van der Waals surface area contributed by atoms with Crippen molar-refractivity contribution in [2.24, 2.45) is 0 Å². The molecule has 0 radical (unpaired) electrons. The monoisotopic (exact) mass is 305 g/mol. The molecule has 108 valence electrons. The first-order chi connectivity index (χ1) is 10.1. The minimum absolute atomic E-state index is 0.0133. The summed E-state index contributed by atoms with van der Waals surface area (Å²) in [7, 11) is 1.50. The van der Waals surface area contributed by atoms with E-state index in [1.807, 2.05) is 13.0 Å². The Morgan fingerprint density at radius 2 is 2.00 bits per heavy atom. The van der Waals surface area contributed by atoms with Gasteiger partial charge in [-0.15, -0.1) is 0 Å². The average Bonchev–Trinajstić information content (AvgIpc) is 2.46. The molecule has 2 aromatic rings. The molecule has 0 aliphatic heterocycles. The van der Waals surface area contributed by atoms with E-state index < -0.39 is 0 Å². The zero-order valence-corrected chi connectivity index (χ0v) is 12.2. The van der Waals surface area contributed by atoms with Crippen LogP contribution in [0.25, 0.3) is 0 Å². The number of hydrogen-bond acceptors (Lipinski definition) is 7. The van der Waals surface area contributed by atoms with Gasteiger partial charge in [0, 0.05) is 12.6 Å². The van der Waals surface area contributed by atoms with Gasteiger partial charge in [-0.1, -0.05) is 0 Å². The van der Waals surface area contributed by atoms with Gasteiger partial charge in [0.25, 0.3) is 0 Å². The van der Waals surface area contributed by atoms with Crippen LogP contribution in [0.1, 0.15) is 12.5 Å². The molecule has 0 aliphatic carbocycles. The van der Waals surface area contributed by atoms with E-state index in [0.717, 1.165) is 0 Å². The predicted molar refractivity (Wildman–Crippen MR) is 76.8 cm³/mol. The van der Waals surface area contributed by atoms with Gasteiger partial charge >= 0.3 is 6.01 Å². The Balaban J connectivity index is 2.31. The van der Waals surface area contributed by atoms with E-state index >= 15 is 0 Å². The second-order valence-corrected chi connectivity index (χ2v) is 4.19. The van der Waals surface area contributed by atoms with Crippen molar-refractivity contribution in [3.05, 3.63) is 29.0 Å². The summed E-state index contributed by atoms with van der Waals surface area (Å²) in [5.74, 6) is 1.18. The van der Waals surface area contributed by atoms with E-state index in [4.69, 9.17) is 26.3 Å². The number of rotatable bonds is 5. The number of nitriles is 1. The first-order valence-electron chi connectivity index (χ1n) is 6.07. The van der Waals surface area contributed by atoms with E-state index in [2.05, 4.69) is 20.3 Å². The fraction of sp³-hybridized carbons (Fsp3) is 0.231. The molecule has 8 heteroatoms. The molecule has 0 saturated heterocycles. The Kier molecular flexibility index (Phi) is 4.74. The first-order valence-corrected chi connectivity index (χ1v) is 6.45. The van der Waals surface area contributed by atoms with E-state index in [1.54, 1.807) is 18.2 Å². The summed E-state index contributed by atoms with van der Waals surface area (Å²) in [6, 6.07) is 6.81. The number of nitrogens with one attached hydrogen (secondary N) is 1. The lowest BCUT2D eigenvalue weighted by Crippen LogP contribution is -2.04. The lowest BCUT2D eigenvalue weighted by atomic mass is 10.2. The van der Waals surface area contributed by atoms with Crippen molar-refractivity contribution >= 4 is 17.5 Å². The molecular weight excluding hydrogens is 294 g/mol. The van der Waals surface area contributed by atoms with Gasteiger partial charge in [-0.2, -0.15) is 20.2 Å². The third-order valence-electron chi connectivity index (χ3n) is 2.38. The van der Waals surface area contributed by atoms with Gasteiger partial charge in [-0.25, -0.2) is 0 Å². The summed E-state index contributed by atoms with van der Waals surface area (Å²) >= 11 is 5.81. The van der Waals surface area contributed by atoms with E-state index in [9.17, 15) is 0 Å². The maximum absolute atomic E-state index is 8.97. The number of aromatic nitrogens is 3. The van der Waals surface area contributed by atoms with Crippen LogP contribution in [0.2, 0.25) is 5.28 Å². The lowest BCUT2D eigenvalue weighted by molar-refractivity contribution is 0.404. The Morgan fingerprint density at radius 3 is 2.67 bits per heavy atom. The Labute approximate surface area is 126 Å². The van der Waals surface area contributed by atoms with Gasteiger partial charge in [0.2, 0.25) is 11.2 Å². The smallest absolute Gasteiger partial charge is 0.328 e. The number of anilines is 1. The zero-order valence-electron chi connectivity index (χ0n) is 11.4. The average molecular weight is 306 g/mol. The summed E-state index contributed by atoms with van der Waals surface area (Å²) in [4.78, 5) is 11.9. The van der Waals surface area contributed by atoms with Crippen LogP contribution in [0.5, 0.6) is 17.5 Å². The minimum atomic E-state index is 0.0133. The molecule has 0 saturated carbocycles. The Morgan fingerprint density at radius 1 is 1.24 bits per heavy atom. The van der Waals surface area contributed by atoms with Crippen LogP contribution in [0.15, 0.2) is 18.2 Å². The molecule has 1 heterocycles. The highest BCUT2D eigenvalue weighted by atomic mass is 35.5. The zero-order chi connectivity index (χ0) is 15.2. The number of halogens is 1. The summed E-state index contributed by atoms with van der Waals surface area (Å²) in [6.07, 6.45) is 0. The maximum Gasteiger partial charge on any atom is 0.328 e. The van der Waals surface area contributed by atoms with Crippen LogP contribution in [0.4, 0.5) is 5.95 Å². The number of methoxy groups -OCH3 is 1. The molecule has 0 spiro atoms. The van der Waals surface area contributed by atoms with Crippen molar-refractivity contribution in [1.82, 2.24) is 15.0 Å². The highest BCUT2D eigenvalue weighted by Crippen LogP contribution is 2.26. The fourth-order valence-corrected chi connectivity index (χ4v) is 1.69. The molecule has 0 aliphatic rings. The third-order valence-corrected chi connectivity index (χ3v) is 2.55. The Bertz CT molecular complexity index is 687. The molecule has 0 fully saturated rings. The highest BCUT2D eigenvalue weighted by molar-refractivity contribution is 6.28. The van der Waals surface area contributed by atoms with Crippen LogP contribution in [-0.4, -0.2) is 28.6 Å². The molecular formula is C13H12ClN5O2. The number of hydrogen-bond donors (Lipinski definition) is 1. The fourth-order valence-electron chi connectivity index (χ4n) is 1.53. The summed E-state index contributed by atoms with van der Waals surface area (Å²) < 4.78 is 10.6. The number of ether oxygens (including phenoxy) is 2. The van der Waals surface area contributed by atoms with Crippen LogP contribution in [0.3, 0.4) is 0 Å². The Hall–Kier alpha value is -2.59. The predicted octanol–water partition coefficient (Wildman–Crippen LogP) is 2.63. The van der Waals surface area contributed by atoms with Crippen molar-refractivity contribution in [1.29, 1.82) is 5.26 Å². The minimum Gasteiger partial charge on any atom is -0.497 e. The van der Waals surface area contributed by atoms with Gasteiger partial charge in [-0.05, 0) is 30.7 Å². The van der Waals surface area contributed by atoms with E-state index in [0.29, 0.717) is 29.6 Å². The maximum atomic E-state index is 8.97. The van der Waals surface area contributed by atoms with Crippen LogP contribution >= 0.6 is 11.6 Å². The summed E-state index contributed by atoms with van der Waals surface area (Å²) in [5, 5.41) is 11.9. The van der Waals surface area contributed by atoms with Gasteiger partial charge in [-0.3, -0.25) is 0 Å². The summed E-state index contributed by atoms with van der Waals surface area (Å²) in [6.45, 7) is 2.54. The van der Waals surface area contributed by atoms with Crippen molar-refractivity contribution in [2.45, 2.75) is 6.92 Å². The molecule has 1 N–H and O–H groups in total. The van der Waals surface area contributed by atoms with E-state index in [1.165, 1.54) is 7.11 Å². The standard InChI is InChI=1S/C13H12ClN5O2/c1-3-16-12-17-11(14)18-13(19-12)21-10-5-8(7-15)4-9(6-10)20-2/h4-6H,3H2,1-2H3,(H,16,17,18,19). The van der Waals surface area contributed by atoms with Gasteiger partial charge < -0.3 is 14.8 Å². The molecule has 0 atom stereocenters. The largest absolute Gasteiger partial charge is 0.497 e. The van der Waals surface area contributed by atoms with Gasteiger partial charge in [0.15, 0.2) is 0 Å². The lowest BCUT2D eigenvalue weighted by Gasteiger charge is -2.08.